The van der Waals surface area contributed by atoms with E-state index in [1.807, 2.05) is 25.3 Å². The summed E-state index contributed by atoms with van der Waals surface area (Å²) in [5, 5.41) is 7.28. The first-order valence-corrected chi connectivity index (χ1v) is 8.32. The summed E-state index contributed by atoms with van der Waals surface area (Å²) in [5.74, 6) is 0.171. The highest BCUT2D eigenvalue weighted by Crippen LogP contribution is 2.22. The number of hydrogen-bond donors (Lipinski definition) is 1. The molecule has 20 heavy (non-hydrogen) atoms. The molecule has 2 aromatic rings. The molecule has 2 rings (SSSR count). The molecule has 0 spiro atoms. The van der Waals surface area contributed by atoms with Crippen LogP contribution >= 0.6 is 0 Å². The van der Waals surface area contributed by atoms with E-state index in [1.165, 1.54) is 0 Å². The summed E-state index contributed by atoms with van der Waals surface area (Å²) < 4.78 is 26.2. The molecule has 108 valence electrons. The van der Waals surface area contributed by atoms with Crippen LogP contribution in [0.4, 0.5) is 5.69 Å². The third-order valence-electron chi connectivity index (χ3n) is 2.91. The smallest absolute Gasteiger partial charge is 0.180 e. The predicted octanol–water partition coefficient (Wildman–Crippen LogP) is 2.18. The number of nitrogens with zero attached hydrogens (tertiary/aromatic N) is 2. The van der Waals surface area contributed by atoms with Gasteiger partial charge in [-0.15, -0.1) is 0 Å². The lowest BCUT2D eigenvalue weighted by Gasteiger charge is -2.12. The Balaban J connectivity index is 2.08. The van der Waals surface area contributed by atoms with E-state index in [1.54, 1.807) is 29.1 Å². The Labute approximate surface area is 119 Å². The summed E-state index contributed by atoms with van der Waals surface area (Å²) in [5.41, 5.74) is 0.660. The minimum absolute atomic E-state index is 0.171. The van der Waals surface area contributed by atoms with Crippen molar-refractivity contribution in [3.63, 3.8) is 0 Å². The first-order chi connectivity index (χ1) is 9.63. The van der Waals surface area contributed by atoms with E-state index >= 15 is 0 Å². The monoisotopic (exact) mass is 293 g/mol. The van der Waals surface area contributed by atoms with Gasteiger partial charge in [0.15, 0.2) is 9.84 Å². The average Bonchev–Trinajstić information content (AvgIpc) is 2.92. The highest BCUT2D eigenvalue weighted by molar-refractivity contribution is 7.91. The number of aromatic nitrogens is 2. The van der Waals surface area contributed by atoms with E-state index in [0.29, 0.717) is 30.1 Å². The molecule has 0 amide bonds. The largest absolute Gasteiger partial charge is 0.382 e. The van der Waals surface area contributed by atoms with Crippen molar-refractivity contribution in [3.8, 4) is 0 Å². The number of benzene rings is 1. The Hall–Kier alpha value is -1.82. The minimum Gasteiger partial charge on any atom is -0.382 e. The molecule has 0 atom stereocenters. The molecule has 0 saturated heterocycles. The van der Waals surface area contributed by atoms with Gasteiger partial charge in [-0.1, -0.05) is 19.1 Å². The van der Waals surface area contributed by atoms with Crippen LogP contribution in [0, 0.1) is 0 Å². The normalized spacial score (nSPS) is 11.4. The second kappa shape index (κ2) is 6.56. The zero-order valence-electron chi connectivity index (χ0n) is 11.5. The highest BCUT2D eigenvalue weighted by atomic mass is 32.2. The van der Waals surface area contributed by atoms with Gasteiger partial charge < -0.3 is 5.32 Å². The van der Waals surface area contributed by atoms with Gasteiger partial charge in [0.25, 0.3) is 0 Å². The summed E-state index contributed by atoms with van der Waals surface area (Å²) >= 11 is 0. The van der Waals surface area contributed by atoms with Gasteiger partial charge in [0.2, 0.25) is 0 Å². The Morgan fingerprint density at radius 3 is 2.75 bits per heavy atom. The number of para-hydroxylation sites is 1. The van der Waals surface area contributed by atoms with Crippen LogP contribution in [0.5, 0.6) is 0 Å². The summed E-state index contributed by atoms with van der Waals surface area (Å²) in [6.07, 6.45) is 4.21. The Morgan fingerprint density at radius 1 is 1.25 bits per heavy atom. The van der Waals surface area contributed by atoms with Gasteiger partial charge in [0, 0.05) is 18.9 Å². The molecule has 1 aromatic carbocycles. The number of anilines is 1. The average molecular weight is 293 g/mol. The SMILES string of the molecule is CCCS(=O)(=O)c1ccccc1NCCn1cccn1. The first-order valence-electron chi connectivity index (χ1n) is 6.66. The van der Waals surface area contributed by atoms with Crippen molar-refractivity contribution in [1.82, 2.24) is 9.78 Å². The van der Waals surface area contributed by atoms with Crippen molar-refractivity contribution in [2.45, 2.75) is 24.8 Å². The van der Waals surface area contributed by atoms with E-state index in [2.05, 4.69) is 10.4 Å². The lowest BCUT2D eigenvalue weighted by atomic mass is 10.3. The van der Waals surface area contributed by atoms with E-state index in [0.717, 1.165) is 0 Å². The minimum atomic E-state index is -3.21. The van der Waals surface area contributed by atoms with Gasteiger partial charge >= 0.3 is 0 Å². The number of hydrogen-bond acceptors (Lipinski definition) is 4. The molecule has 0 aliphatic carbocycles. The molecule has 1 aromatic heterocycles. The maximum Gasteiger partial charge on any atom is 0.180 e. The lowest BCUT2D eigenvalue weighted by Crippen LogP contribution is -2.14. The Bertz CT molecular complexity index is 636. The maximum atomic E-state index is 12.2. The summed E-state index contributed by atoms with van der Waals surface area (Å²) in [7, 11) is -3.21. The third kappa shape index (κ3) is 3.60. The highest BCUT2D eigenvalue weighted by Gasteiger charge is 2.16. The van der Waals surface area contributed by atoms with Gasteiger partial charge in [0.05, 0.1) is 22.9 Å². The maximum absolute atomic E-state index is 12.2. The fourth-order valence-corrected chi connectivity index (χ4v) is 3.52. The second-order valence-corrected chi connectivity index (χ2v) is 6.59. The molecule has 0 aliphatic rings. The molecule has 6 heteroatoms. The first kappa shape index (κ1) is 14.6. The van der Waals surface area contributed by atoms with Crippen LogP contribution in [-0.4, -0.2) is 30.5 Å². The molecular weight excluding hydrogens is 274 g/mol. The van der Waals surface area contributed by atoms with Gasteiger partial charge in [-0.3, -0.25) is 4.68 Å². The molecule has 0 saturated carbocycles. The van der Waals surface area contributed by atoms with Crippen LogP contribution in [-0.2, 0) is 16.4 Å². The Kier molecular flexibility index (Phi) is 4.79. The van der Waals surface area contributed by atoms with Crippen LogP contribution in [0.25, 0.3) is 0 Å². The van der Waals surface area contributed by atoms with Crippen LogP contribution in [0.15, 0.2) is 47.6 Å². The third-order valence-corrected chi connectivity index (χ3v) is 4.88. The van der Waals surface area contributed by atoms with Crippen LogP contribution in [0.3, 0.4) is 0 Å². The summed E-state index contributed by atoms with van der Waals surface area (Å²) in [6, 6.07) is 8.90. The van der Waals surface area contributed by atoms with Crippen molar-refractivity contribution in [3.05, 3.63) is 42.7 Å². The van der Waals surface area contributed by atoms with Crippen molar-refractivity contribution >= 4 is 15.5 Å². The molecule has 0 radical (unpaired) electrons. The van der Waals surface area contributed by atoms with Gasteiger partial charge in [-0.25, -0.2) is 8.42 Å². The summed E-state index contributed by atoms with van der Waals surface area (Å²) in [6.45, 7) is 3.18. The Morgan fingerprint density at radius 2 is 2.05 bits per heavy atom. The molecule has 0 fully saturated rings. The van der Waals surface area contributed by atoms with Crippen LogP contribution in [0.2, 0.25) is 0 Å². The van der Waals surface area contributed by atoms with E-state index in [9.17, 15) is 8.42 Å². The zero-order chi connectivity index (χ0) is 14.4. The van der Waals surface area contributed by atoms with Crippen molar-refractivity contribution in [2.24, 2.45) is 0 Å². The second-order valence-electron chi connectivity index (χ2n) is 4.51. The zero-order valence-corrected chi connectivity index (χ0v) is 12.3. The van der Waals surface area contributed by atoms with Gasteiger partial charge in [-0.2, -0.15) is 5.10 Å². The summed E-state index contributed by atoms with van der Waals surface area (Å²) in [4.78, 5) is 0.377. The van der Waals surface area contributed by atoms with E-state index in [-0.39, 0.29) is 5.75 Å². The van der Waals surface area contributed by atoms with E-state index < -0.39 is 9.84 Å². The van der Waals surface area contributed by atoms with Crippen LogP contribution in [0.1, 0.15) is 13.3 Å². The molecule has 0 aliphatic heterocycles. The van der Waals surface area contributed by atoms with Crippen molar-refractivity contribution < 1.29 is 8.42 Å². The molecule has 5 nitrogen and oxygen atoms in total. The molecule has 0 bridgehead atoms. The molecule has 0 unspecified atom stereocenters. The van der Waals surface area contributed by atoms with Crippen molar-refractivity contribution in [2.75, 3.05) is 17.6 Å². The quantitative estimate of drug-likeness (QED) is 0.850. The van der Waals surface area contributed by atoms with E-state index in [4.69, 9.17) is 0 Å². The molecule has 1 heterocycles. The van der Waals surface area contributed by atoms with Gasteiger partial charge in [-0.05, 0) is 24.6 Å². The molecule has 1 N–H and O–H groups in total. The van der Waals surface area contributed by atoms with Crippen LogP contribution < -0.4 is 5.32 Å². The standard InChI is InChI=1S/C14H19N3O2S/c1-2-12-20(18,19)14-7-4-3-6-13(14)15-9-11-17-10-5-8-16-17/h3-8,10,15H,2,9,11-12H2,1H3. The number of sulfone groups is 1. The number of rotatable bonds is 7. The number of nitrogens with one attached hydrogen (secondary N) is 1. The van der Waals surface area contributed by atoms with Gasteiger partial charge in [0.1, 0.15) is 0 Å². The fraction of sp³-hybridized carbons (Fsp3) is 0.357. The topological polar surface area (TPSA) is 64.0 Å². The molecular formula is C14H19N3O2S. The predicted molar refractivity (Wildman–Crippen MR) is 79.5 cm³/mol. The van der Waals surface area contributed by atoms with Crippen molar-refractivity contribution in [1.29, 1.82) is 0 Å². The fourth-order valence-electron chi connectivity index (χ4n) is 2.00. The lowest BCUT2D eigenvalue weighted by molar-refractivity contribution is 0.594.